The summed E-state index contributed by atoms with van der Waals surface area (Å²) in [6.07, 6.45) is -7.75. The van der Waals surface area contributed by atoms with Crippen molar-refractivity contribution in [1.82, 2.24) is 0 Å². The normalized spacial score (nSPS) is 13.1. The molecule has 0 amide bonds. The van der Waals surface area contributed by atoms with Crippen LogP contribution in [0, 0.1) is 0 Å². The maximum absolute atomic E-state index is 12.7. The highest BCUT2D eigenvalue weighted by molar-refractivity contribution is 5.59. The van der Waals surface area contributed by atoms with Crippen molar-refractivity contribution in [1.29, 1.82) is 0 Å². The molecule has 0 fully saturated rings. The molecule has 0 saturated carbocycles. The van der Waals surface area contributed by atoms with E-state index in [2.05, 4.69) is 4.74 Å². The second-order valence-electron chi connectivity index (χ2n) is 3.27. The molecule has 0 unspecified atom stereocenters. The van der Waals surface area contributed by atoms with Gasteiger partial charge in [-0.1, -0.05) is 24.3 Å². The highest BCUT2D eigenvalue weighted by Gasteiger charge is 2.40. The summed E-state index contributed by atoms with van der Waals surface area (Å²) in [6, 6.07) is 2.75. The molecule has 1 aromatic carbocycles. The summed E-state index contributed by atoms with van der Waals surface area (Å²) in [4.78, 5) is 0. The number of rotatable bonds is 2. The molecule has 1 rings (SSSR count). The monoisotopic (exact) mass is 270 g/mol. The van der Waals surface area contributed by atoms with Gasteiger partial charge in [0, 0.05) is 0 Å². The summed E-state index contributed by atoms with van der Waals surface area (Å²) in [7, 11) is 0. The van der Waals surface area contributed by atoms with Crippen LogP contribution in [-0.2, 0) is 6.18 Å². The van der Waals surface area contributed by atoms with Gasteiger partial charge in [-0.2, -0.15) is 13.2 Å². The molecule has 7 heteroatoms. The maximum Gasteiger partial charge on any atom is 0.573 e. The molecule has 0 radical (unpaired) electrons. The summed E-state index contributed by atoms with van der Waals surface area (Å²) in [5.74, 6) is -1.26. The van der Waals surface area contributed by atoms with E-state index >= 15 is 0 Å². The van der Waals surface area contributed by atoms with Gasteiger partial charge in [0.05, 0.1) is 0 Å². The van der Waals surface area contributed by atoms with Crippen molar-refractivity contribution >= 4 is 6.08 Å². The van der Waals surface area contributed by atoms with E-state index in [1.165, 1.54) is 13.0 Å². The van der Waals surface area contributed by atoms with Gasteiger partial charge in [-0.15, -0.1) is 13.2 Å². The lowest BCUT2D eigenvalue weighted by molar-refractivity contribution is -0.276. The second kappa shape index (κ2) is 4.91. The largest absolute Gasteiger partial charge is 0.573 e. The third-order valence-electron chi connectivity index (χ3n) is 1.91. The Morgan fingerprint density at radius 1 is 1.06 bits per heavy atom. The number of halogens is 6. The summed E-state index contributed by atoms with van der Waals surface area (Å²) >= 11 is 0. The minimum absolute atomic E-state index is 0.383. The first kappa shape index (κ1) is 14.4. The highest BCUT2D eigenvalue weighted by atomic mass is 19.4. The Labute approximate surface area is 98.7 Å². The van der Waals surface area contributed by atoms with Gasteiger partial charge in [0.1, 0.15) is 11.3 Å². The standard InChI is InChI=1S/C11H8F6O/c1-2-4-7-5-3-6-8(18-11(15,16)17)9(7)10(12,13)14/h2-6H,1H3. The molecule has 0 bridgehead atoms. The number of hydrogen-bond donors (Lipinski definition) is 0. The van der Waals surface area contributed by atoms with Gasteiger partial charge in [0.2, 0.25) is 0 Å². The Morgan fingerprint density at radius 2 is 1.67 bits per heavy atom. The SMILES string of the molecule is CC=Cc1cccc(OC(F)(F)F)c1C(F)(F)F. The second-order valence-corrected chi connectivity index (χ2v) is 3.27. The van der Waals surface area contributed by atoms with Crippen molar-refractivity contribution in [3.8, 4) is 5.75 Å². The van der Waals surface area contributed by atoms with Gasteiger partial charge in [-0.25, -0.2) is 0 Å². The first-order chi connectivity index (χ1) is 8.15. The van der Waals surface area contributed by atoms with Crippen LogP contribution in [0.5, 0.6) is 5.75 Å². The Balaban J connectivity index is 3.38. The Morgan fingerprint density at radius 3 is 2.11 bits per heavy atom. The lowest BCUT2D eigenvalue weighted by Crippen LogP contribution is -2.20. The highest BCUT2D eigenvalue weighted by Crippen LogP contribution is 2.41. The van der Waals surface area contributed by atoms with Crippen LogP contribution in [0.4, 0.5) is 26.3 Å². The van der Waals surface area contributed by atoms with Crippen LogP contribution in [0.15, 0.2) is 24.3 Å². The van der Waals surface area contributed by atoms with E-state index in [1.54, 1.807) is 0 Å². The van der Waals surface area contributed by atoms with Gasteiger partial charge in [-0.05, 0) is 18.6 Å². The molecule has 0 saturated heterocycles. The molecule has 0 aliphatic rings. The summed E-state index contributed by atoms with van der Waals surface area (Å²) < 4.78 is 77.6. The van der Waals surface area contributed by atoms with Crippen LogP contribution in [-0.4, -0.2) is 6.36 Å². The molecule has 1 aromatic rings. The molecule has 0 atom stereocenters. The van der Waals surface area contributed by atoms with Crippen molar-refractivity contribution in [2.75, 3.05) is 0 Å². The molecule has 0 N–H and O–H groups in total. The van der Waals surface area contributed by atoms with Crippen molar-refractivity contribution in [2.24, 2.45) is 0 Å². The number of hydrogen-bond acceptors (Lipinski definition) is 1. The van der Waals surface area contributed by atoms with Crippen molar-refractivity contribution in [2.45, 2.75) is 19.5 Å². The molecule has 0 aliphatic heterocycles. The smallest absolute Gasteiger partial charge is 0.405 e. The van der Waals surface area contributed by atoms with Crippen LogP contribution < -0.4 is 4.74 Å². The molecule has 0 spiro atoms. The fourth-order valence-electron chi connectivity index (χ4n) is 1.38. The van der Waals surface area contributed by atoms with Gasteiger partial charge in [-0.3, -0.25) is 0 Å². The fourth-order valence-corrected chi connectivity index (χ4v) is 1.38. The first-order valence-corrected chi connectivity index (χ1v) is 4.74. The molecular formula is C11H8F6O. The van der Waals surface area contributed by atoms with E-state index < -0.39 is 23.9 Å². The van der Waals surface area contributed by atoms with Gasteiger partial charge >= 0.3 is 12.5 Å². The Kier molecular flexibility index (Phi) is 3.93. The maximum atomic E-state index is 12.7. The van der Waals surface area contributed by atoms with Crippen LogP contribution in [0.1, 0.15) is 18.1 Å². The molecule has 0 heterocycles. The number of allylic oxidation sites excluding steroid dienone is 1. The quantitative estimate of drug-likeness (QED) is 0.711. The van der Waals surface area contributed by atoms with E-state index in [4.69, 9.17) is 0 Å². The lowest BCUT2D eigenvalue weighted by atomic mass is 10.1. The van der Waals surface area contributed by atoms with Crippen molar-refractivity contribution in [3.05, 3.63) is 35.4 Å². The van der Waals surface area contributed by atoms with E-state index in [9.17, 15) is 26.3 Å². The molecule has 18 heavy (non-hydrogen) atoms. The minimum atomic E-state index is -5.17. The summed E-state index contributed by atoms with van der Waals surface area (Å²) in [5, 5.41) is 0. The Bertz CT molecular complexity index is 444. The summed E-state index contributed by atoms with van der Waals surface area (Å²) in [5.41, 5.74) is -1.83. The average Bonchev–Trinajstić information content (AvgIpc) is 2.13. The van der Waals surface area contributed by atoms with E-state index in [0.29, 0.717) is 6.07 Å². The third-order valence-corrected chi connectivity index (χ3v) is 1.91. The number of benzene rings is 1. The predicted molar refractivity (Wildman–Crippen MR) is 52.8 cm³/mol. The fraction of sp³-hybridized carbons (Fsp3) is 0.273. The zero-order chi connectivity index (χ0) is 14.0. The van der Waals surface area contributed by atoms with Gasteiger partial charge < -0.3 is 4.74 Å². The Hall–Kier alpha value is -1.66. The van der Waals surface area contributed by atoms with E-state index in [-0.39, 0.29) is 5.56 Å². The predicted octanol–water partition coefficient (Wildman–Crippen LogP) is 4.64. The molecular weight excluding hydrogens is 262 g/mol. The first-order valence-electron chi connectivity index (χ1n) is 4.74. The average molecular weight is 270 g/mol. The molecule has 0 aliphatic carbocycles. The van der Waals surface area contributed by atoms with E-state index in [1.807, 2.05) is 0 Å². The van der Waals surface area contributed by atoms with Crippen molar-refractivity contribution in [3.63, 3.8) is 0 Å². The number of alkyl halides is 6. The minimum Gasteiger partial charge on any atom is -0.405 e. The number of ether oxygens (including phenoxy) is 1. The van der Waals surface area contributed by atoms with Gasteiger partial charge in [0.15, 0.2) is 0 Å². The molecule has 0 aromatic heterocycles. The van der Waals surface area contributed by atoms with Crippen LogP contribution >= 0.6 is 0 Å². The van der Waals surface area contributed by atoms with Crippen LogP contribution in [0.3, 0.4) is 0 Å². The third kappa shape index (κ3) is 3.68. The topological polar surface area (TPSA) is 9.23 Å². The summed E-state index contributed by atoms with van der Waals surface area (Å²) in [6.45, 7) is 1.46. The zero-order valence-electron chi connectivity index (χ0n) is 9.06. The van der Waals surface area contributed by atoms with Gasteiger partial charge in [0.25, 0.3) is 0 Å². The van der Waals surface area contributed by atoms with Crippen LogP contribution in [0.2, 0.25) is 0 Å². The van der Waals surface area contributed by atoms with E-state index in [0.717, 1.165) is 18.2 Å². The zero-order valence-corrected chi connectivity index (χ0v) is 9.06. The molecule has 100 valence electrons. The van der Waals surface area contributed by atoms with Crippen LogP contribution in [0.25, 0.3) is 6.08 Å². The molecule has 1 nitrogen and oxygen atoms in total. The lowest BCUT2D eigenvalue weighted by Gasteiger charge is -2.17. The van der Waals surface area contributed by atoms with Crippen molar-refractivity contribution < 1.29 is 31.1 Å².